The molecule has 2 aromatic carbocycles. The van der Waals surface area contributed by atoms with Crippen LogP contribution in [0.2, 0.25) is 0 Å². The molecule has 0 fully saturated rings. The molecule has 1 aromatic heterocycles. The van der Waals surface area contributed by atoms with Gasteiger partial charge in [-0.15, -0.1) is 0 Å². The molecule has 0 radical (unpaired) electrons. The third kappa shape index (κ3) is 6.05. The van der Waals surface area contributed by atoms with E-state index < -0.39 is 15.9 Å². The molecular weight excluding hydrogens is 430 g/mol. The van der Waals surface area contributed by atoms with E-state index in [1.807, 2.05) is 6.92 Å². The molecular formula is C23H25N3O5S. The summed E-state index contributed by atoms with van der Waals surface area (Å²) in [6, 6.07) is 16.7. The Kier molecular flexibility index (Phi) is 7.45. The Morgan fingerprint density at radius 2 is 1.66 bits per heavy atom. The van der Waals surface area contributed by atoms with Gasteiger partial charge in [0.05, 0.1) is 11.2 Å². The molecule has 2 N–H and O–H groups in total. The molecule has 0 spiro atoms. The normalized spacial score (nSPS) is 11.3. The van der Waals surface area contributed by atoms with Crippen LogP contribution in [0.3, 0.4) is 0 Å². The van der Waals surface area contributed by atoms with Gasteiger partial charge in [0.1, 0.15) is 5.76 Å². The van der Waals surface area contributed by atoms with Gasteiger partial charge in [-0.2, -0.15) is 4.31 Å². The molecule has 0 aliphatic carbocycles. The first kappa shape index (κ1) is 23.2. The Morgan fingerprint density at radius 1 is 0.969 bits per heavy atom. The molecule has 0 unspecified atom stereocenters. The Bertz CT molecular complexity index is 1160. The summed E-state index contributed by atoms with van der Waals surface area (Å²) in [5, 5.41) is 0. The van der Waals surface area contributed by atoms with Crippen LogP contribution < -0.4 is 10.9 Å². The van der Waals surface area contributed by atoms with Gasteiger partial charge in [0.25, 0.3) is 5.91 Å². The van der Waals surface area contributed by atoms with E-state index in [4.69, 9.17) is 4.42 Å². The summed E-state index contributed by atoms with van der Waals surface area (Å²) in [6.45, 7) is 2.05. The van der Waals surface area contributed by atoms with Crippen LogP contribution in [-0.2, 0) is 27.8 Å². The molecule has 1 heterocycles. The largest absolute Gasteiger partial charge is 0.469 e. The minimum Gasteiger partial charge on any atom is -0.469 e. The highest BCUT2D eigenvalue weighted by Gasteiger charge is 2.20. The zero-order chi connectivity index (χ0) is 23.1. The molecule has 0 saturated carbocycles. The Labute approximate surface area is 187 Å². The number of aryl methyl sites for hydroxylation is 2. The van der Waals surface area contributed by atoms with Gasteiger partial charge in [-0.3, -0.25) is 20.4 Å². The van der Waals surface area contributed by atoms with Crippen LogP contribution in [0.4, 0.5) is 0 Å². The Balaban J connectivity index is 1.52. The van der Waals surface area contributed by atoms with Crippen molar-refractivity contribution >= 4 is 21.8 Å². The summed E-state index contributed by atoms with van der Waals surface area (Å²) in [5.74, 6) is -0.116. The van der Waals surface area contributed by atoms with Crippen molar-refractivity contribution in [3.8, 4) is 0 Å². The maximum atomic E-state index is 12.7. The van der Waals surface area contributed by atoms with Gasteiger partial charge in [0, 0.05) is 32.0 Å². The lowest BCUT2D eigenvalue weighted by Crippen LogP contribution is -2.41. The fourth-order valence-electron chi connectivity index (χ4n) is 2.95. The van der Waals surface area contributed by atoms with E-state index in [0.29, 0.717) is 17.7 Å². The second kappa shape index (κ2) is 10.3. The minimum atomic E-state index is -3.62. The van der Waals surface area contributed by atoms with Crippen molar-refractivity contribution in [1.82, 2.24) is 15.2 Å². The van der Waals surface area contributed by atoms with Gasteiger partial charge < -0.3 is 4.42 Å². The molecule has 8 nitrogen and oxygen atoms in total. The smallest absolute Gasteiger partial charge is 0.269 e. The maximum Gasteiger partial charge on any atom is 0.269 e. The van der Waals surface area contributed by atoms with Crippen LogP contribution in [-0.4, -0.2) is 31.6 Å². The van der Waals surface area contributed by atoms with Crippen molar-refractivity contribution in [2.45, 2.75) is 31.2 Å². The van der Waals surface area contributed by atoms with Crippen molar-refractivity contribution in [2.75, 3.05) is 7.05 Å². The van der Waals surface area contributed by atoms with Crippen LogP contribution in [0.15, 0.2) is 76.2 Å². The van der Waals surface area contributed by atoms with Crippen molar-refractivity contribution in [3.63, 3.8) is 0 Å². The van der Waals surface area contributed by atoms with Gasteiger partial charge in [0.2, 0.25) is 15.9 Å². The lowest BCUT2D eigenvalue weighted by molar-refractivity contribution is -0.121. The lowest BCUT2D eigenvalue weighted by Gasteiger charge is -2.17. The highest BCUT2D eigenvalue weighted by atomic mass is 32.2. The molecule has 9 heteroatoms. The predicted octanol–water partition coefficient (Wildman–Crippen LogP) is 2.80. The molecule has 0 saturated heterocycles. The average molecular weight is 456 g/mol. The Morgan fingerprint density at radius 3 is 2.28 bits per heavy atom. The molecule has 0 aliphatic rings. The molecule has 0 bridgehead atoms. The standard InChI is InChI=1S/C23H25N3O5S/c1-17-5-12-21(13-6-17)32(29,30)26(2)16-18-7-9-19(10-8-18)23(28)25-24-22(27)14-11-20-4-3-15-31-20/h3-10,12-13,15H,11,14,16H2,1-2H3,(H,24,27)(H,25,28). The fourth-order valence-corrected chi connectivity index (χ4v) is 4.11. The van der Waals surface area contributed by atoms with Gasteiger partial charge in [0.15, 0.2) is 0 Å². The monoisotopic (exact) mass is 455 g/mol. The average Bonchev–Trinajstić information content (AvgIpc) is 3.30. The number of benzene rings is 2. The number of furan rings is 1. The van der Waals surface area contributed by atoms with Gasteiger partial charge in [-0.1, -0.05) is 29.8 Å². The summed E-state index contributed by atoms with van der Waals surface area (Å²) >= 11 is 0. The van der Waals surface area contributed by atoms with E-state index in [9.17, 15) is 18.0 Å². The van der Waals surface area contributed by atoms with Crippen LogP contribution >= 0.6 is 0 Å². The lowest BCUT2D eigenvalue weighted by atomic mass is 10.1. The number of nitrogens with zero attached hydrogens (tertiary/aromatic N) is 1. The zero-order valence-electron chi connectivity index (χ0n) is 17.9. The van der Waals surface area contributed by atoms with Gasteiger partial charge >= 0.3 is 0 Å². The molecule has 3 aromatic rings. The summed E-state index contributed by atoms with van der Waals surface area (Å²) in [6.07, 6.45) is 2.14. The van der Waals surface area contributed by atoms with E-state index in [1.54, 1.807) is 60.7 Å². The second-order valence-electron chi connectivity index (χ2n) is 7.35. The summed E-state index contributed by atoms with van der Waals surface area (Å²) in [5.41, 5.74) is 6.77. The third-order valence-corrected chi connectivity index (χ3v) is 6.66. The first-order valence-corrected chi connectivity index (χ1v) is 11.4. The molecule has 168 valence electrons. The summed E-state index contributed by atoms with van der Waals surface area (Å²) in [4.78, 5) is 24.3. The zero-order valence-corrected chi connectivity index (χ0v) is 18.7. The molecule has 32 heavy (non-hydrogen) atoms. The third-order valence-electron chi connectivity index (χ3n) is 4.84. The van der Waals surface area contributed by atoms with E-state index in [0.717, 1.165) is 11.1 Å². The highest BCUT2D eigenvalue weighted by Crippen LogP contribution is 2.17. The number of carbonyl (C=O) groups is 2. The van der Waals surface area contributed by atoms with Gasteiger partial charge in [-0.05, 0) is 48.9 Å². The van der Waals surface area contributed by atoms with Crippen molar-refractivity contribution < 1.29 is 22.4 Å². The SMILES string of the molecule is Cc1ccc(S(=O)(=O)N(C)Cc2ccc(C(=O)NNC(=O)CCc3ccco3)cc2)cc1. The molecule has 0 aliphatic heterocycles. The molecule has 3 rings (SSSR count). The first-order chi connectivity index (χ1) is 15.3. The van der Waals surface area contributed by atoms with Crippen molar-refractivity contribution in [2.24, 2.45) is 0 Å². The van der Waals surface area contributed by atoms with E-state index >= 15 is 0 Å². The van der Waals surface area contributed by atoms with Crippen molar-refractivity contribution in [1.29, 1.82) is 0 Å². The summed E-state index contributed by atoms with van der Waals surface area (Å²) in [7, 11) is -2.11. The number of hydrogen-bond acceptors (Lipinski definition) is 5. The number of amides is 2. The number of hydrogen-bond donors (Lipinski definition) is 2. The molecule has 2 amide bonds. The van der Waals surface area contributed by atoms with Crippen LogP contribution in [0, 0.1) is 6.92 Å². The number of carbonyl (C=O) groups excluding carboxylic acids is 2. The molecule has 0 atom stereocenters. The number of rotatable bonds is 8. The highest BCUT2D eigenvalue weighted by molar-refractivity contribution is 7.89. The minimum absolute atomic E-state index is 0.154. The number of hydrazine groups is 1. The first-order valence-electron chi connectivity index (χ1n) is 9.99. The number of sulfonamides is 1. The second-order valence-corrected chi connectivity index (χ2v) is 9.40. The Hall–Kier alpha value is -3.43. The van der Waals surface area contributed by atoms with E-state index in [2.05, 4.69) is 10.9 Å². The summed E-state index contributed by atoms with van der Waals surface area (Å²) < 4.78 is 31.8. The van der Waals surface area contributed by atoms with Gasteiger partial charge in [-0.25, -0.2) is 8.42 Å². The number of nitrogens with one attached hydrogen (secondary N) is 2. The predicted molar refractivity (Wildman–Crippen MR) is 119 cm³/mol. The quantitative estimate of drug-likeness (QED) is 0.508. The topological polar surface area (TPSA) is 109 Å². The van der Waals surface area contributed by atoms with Crippen LogP contribution in [0.1, 0.15) is 33.7 Å². The van der Waals surface area contributed by atoms with Crippen molar-refractivity contribution in [3.05, 3.63) is 89.4 Å². The maximum absolute atomic E-state index is 12.7. The van der Waals surface area contributed by atoms with E-state index in [-0.39, 0.29) is 23.8 Å². The van der Waals surface area contributed by atoms with E-state index in [1.165, 1.54) is 17.6 Å². The van der Waals surface area contributed by atoms with Crippen LogP contribution in [0.5, 0.6) is 0 Å². The van der Waals surface area contributed by atoms with Crippen LogP contribution in [0.25, 0.3) is 0 Å². The fraction of sp³-hybridized carbons (Fsp3) is 0.217.